The van der Waals surface area contributed by atoms with Gasteiger partial charge in [0.05, 0.1) is 16.1 Å². The number of nitrogens with one attached hydrogen (secondary N) is 2. The lowest BCUT2D eigenvalue weighted by Crippen LogP contribution is -2.17. The molecule has 0 saturated carbocycles. The summed E-state index contributed by atoms with van der Waals surface area (Å²) in [6.07, 6.45) is -4.71. The van der Waals surface area contributed by atoms with Crippen molar-refractivity contribution < 1.29 is 22.8 Å². The number of alkyl halides is 3. The van der Waals surface area contributed by atoms with Crippen LogP contribution in [0, 0.1) is 0 Å². The average Bonchev–Trinajstić information content (AvgIpc) is 3.26. The zero-order valence-corrected chi connectivity index (χ0v) is 15.4. The van der Waals surface area contributed by atoms with Gasteiger partial charge in [0.2, 0.25) is 5.91 Å². The zero-order valence-electron chi connectivity index (χ0n) is 13.8. The molecule has 2 heterocycles. The molecule has 3 rings (SSSR count). The summed E-state index contributed by atoms with van der Waals surface area (Å²) in [6.45, 7) is 1.19. The number of amides is 2. The van der Waals surface area contributed by atoms with Gasteiger partial charge < -0.3 is 10.6 Å². The summed E-state index contributed by atoms with van der Waals surface area (Å²) in [7, 11) is 0. The molecule has 0 unspecified atom stereocenters. The summed E-state index contributed by atoms with van der Waals surface area (Å²) in [5.74, 6) is -1.24. The lowest BCUT2D eigenvalue weighted by molar-refractivity contribution is -0.137. The number of thiophene rings is 1. The van der Waals surface area contributed by atoms with Gasteiger partial charge >= 0.3 is 6.18 Å². The molecule has 0 aliphatic heterocycles. The first-order chi connectivity index (χ1) is 12.7. The fourth-order valence-corrected chi connectivity index (χ4v) is 3.86. The van der Waals surface area contributed by atoms with Crippen molar-refractivity contribution in [2.45, 2.75) is 13.1 Å². The largest absolute Gasteiger partial charge is 0.418 e. The minimum Gasteiger partial charge on any atom is -0.326 e. The van der Waals surface area contributed by atoms with Gasteiger partial charge in [0.25, 0.3) is 5.91 Å². The van der Waals surface area contributed by atoms with Gasteiger partial charge in [-0.25, -0.2) is 4.98 Å². The lowest BCUT2D eigenvalue weighted by Gasteiger charge is -2.15. The molecule has 0 atom stereocenters. The van der Waals surface area contributed by atoms with Crippen LogP contribution in [-0.2, 0) is 11.0 Å². The van der Waals surface area contributed by atoms with Crippen LogP contribution in [0.25, 0.3) is 9.88 Å². The van der Waals surface area contributed by atoms with Gasteiger partial charge in [-0.3, -0.25) is 9.59 Å². The number of halogens is 3. The number of hydrogen-bond donors (Lipinski definition) is 2. The second-order valence-corrected chi connectivity index (χ2v) is 7.21. The van der Waals surface area contributed by atoms with Gasteiger partial charge in [-0.05, 0) is 29.6 Å². The highest BCUT2D eigenvalue weighted by Crippen LogP contribution is 2.37. The number of anilines is 2. The van der Waals surface area contributed by atoms with Crippen LogP contribution in [0.4, 0.5) is 24.5 Å². The van der Waals surface area contributed by atoms with E-state index in [-0.39, 0.29) is 11.4 Å². The molecular formula is C17H12F3N3O2S2. The maximum atomic E-state index is 13.3. The van der Waals surface area contributed by atoms with E-state index in [0.717, 1.165) is 17.0 Å². The van der Waals surface area contributed by atoms with E-state index in [4.69, 9.17) is 0 Å². The van der Waals surface area contributed by atoms with E-state index >= 15 is 0 Å². The third-order valence-corrected chi connectivity index (χ3v) is 5.24. The van der Waals surface area contributed by atoms with Crippen LogP contribution in [0.2, 0.25) is 0 Å². The van der Waals surface area contributed by atoms with Crippen molar-refractivity contribution in [2.75, 3.05) is 10.6 Å². The van der Waals surface area contributed by atoms with Crippen molar-refractivity contribution in [3.05, 3.63) is 52.3 Å². The molecular weight excluding hydrogens is 399 g/mol. The highest BCUT2D eigenvalue weighted by molar-refractivity contribution is 7.20. The molecule has 3 aromatic rings. The number of carbonyl (C=O) groups excluding carboxylic acids is 2. The average molecular weight is 411 g/mol. The molecule has 2 aromatic heterocycles. The van der Waals surface area contributed by atoms with Gasteiger partial charge in [-0.2, -0.15) is 13.2 Å². The molecule has 0 bridgehead atoms. The lowest BCUT2D eigenvalue weighted by atomic mass is 10.1. The highest BCUT2D eigenvalue weighted by atomic mass is 32.1. The first kappa shape index (κ1) is 19.1. The molecule has 0 aliphatic carbocycles. The van der Waals surface area contributed by atoms with Crippen molar-refractivity contribution >= 4 is 45.9 Å². The van der Waals surface area contributed by atoms with E-state index in [0.29, 0.717) is 5.01 Å². The van der Waals surface area contributed by atoms with E-state index in [2.05, 4.69) is 15.6 Å². The van der Waals surface area contributed by atoms with Crippen LogP contribution in [0.5, 0.6) is 0 Å². The van der Waals surface area contributed by atoms with Crippen LogP contribution in [-0.4, -0.2) is 16.8 Å². The van der Waals surface area contributed by atoms with Crippen LogP contribution in [0.15, 0.2) is 41.1 Å². The highest BCUT2D eigenvalue weighted by Gasteiger charge is 2.34. The predicted molar refractivity (Wildman–Crippen MR) is 99.1 cm³/mol. The van der Waals surface area contributed by atoms with Crippen molar-refractivity contribution in [1.82, 2.24) is 4.98 Å². The third-order valence-electron chi connectivity index (χ3n) is 3.36. The van der Waals surface area contributed by atoms with Gasteiger partial charge in [0.1, 0.15) is 10.7 Å². The number of carbonyl (C=O) groups is 2. The van der Waals surface area contributed by atoms with Crippen molar-refractivity contribution in [2.24, 2.45) is 0 Å². The van der Waals surface area contributed by atoms with Gasteiger partial charge in [0, 0.05) is 18.0 Å². The minimum atomic E-state index is -4.71. The molecule has 0 radical (unpaired) electrons. The second kappa shape index (κ2) is 7.49. The number of rotatable bonds is 4. The fraction of sp³-hybridized carbons (Fsp3) is 0.118. The normalized spacial score (nSPS) is 11.3. The number of thiazole rings is 1. The Balaban J connectivity index is 1.86. The molecule has 0 aliphatic rings. The molecule has 1 aromatic carbocycles. The molecule has 0 spiro atoms. The minimum absolute atomic E-state index is 0.0125. The van der Waals surface area contributed by atoms with Crippen molar-refractivity contribution in [3.63, 3.8) is 0 Å². The van der Waals surface area contributed by atoms with Crippen LogP contribution in [0.3, 0.4) is 0 Å². The van der Waals surface area contributed by atoms with Gasteiger partial charge in [-0.1, -0.05) is 6.07 Å². The van der Waals surface area contributed by atoms with E-state index in [1.165, 1.54) is 41.0 Å². The maximum absolute atomic E-state index is 13.3. The molecule has 27 heavy (non-hydrogen) atoms. The monoisotopic (exact) mass is 411 g/mol. The Bertz CT molecular complexity index is 982. The van der Waals surface area contributed by atoms with Crippen LogP contribution >= 0.6 is 22.7 Å². The van der Waals surface area contributed by atoms with Crippen LogP contribution < -0.4 is 10.6 Å². The fourth-order valence-electron chi connectivity index (χ4n) is 2.25. The van der Waals surface area contributed by atoms with Gasteiger partial charge in [0.15, 0.2) is 0 Å². The molecule has 0 fully saturated rings. The van der Waals surface area contributed by atoms with Gasteiger partial charge in [-0.15, -0.1) is 22.7 Å². The zero-order chi connectivity index (χ0) is 19.6. The Kier molecular flexibility index (Phi) is 5.29. The van der Waals surface area contributed by atoms with Crippen molar-refractivity contribution in [3.8, 4) is 9.88 Å². The summed E-state index contributed by atoms with van der Waals surface area (Å²) in [5, 5.41) is 8.51. The Morgan fingerprint density at radius 2 is 1.89 bits per heavy atom. The number of benzene rings is 1. The first-order valence-electron chi connectivity index (χ1n) is 7.53. The molecule has 5 nitrogen and oxygen atoms in total. The molecule has 2 N–H and O–H groups in total. The van der Waals surface area contributed by atoms with E-state index in [1.807, 2.05) is 17.5 Å². The van der Waals surface area contributed by atoms with Crippen molar-refractivity contribution in [1.29, 1.82) is 0 Å². The predicted octanol–water partition coefficient (Wildman–Crippen LogP) is 5.10. The summed E-state index contributed by atoms with van der Waals surface area (Å²) < 4.78 is 40.0. The summed E-state index contributed by atoms with van der Waals surface area (Å²) in [6, 6.07) is 6.83. The quantitative estimate of drug-likeness (QED) is 0.627. The summed E-state index contributed by atoms with van der Waals surface area (Å²) in [4.78, 5) is 28.4. The second-order valence-electron chi connectivity index (χ2n) is 5.41. The Hall–Kier alpha value is -2.72. The van der Waals surface area contributed by atoms with E-state index in [1.54, 1.807) is 0 Å². The number of nitrogens with zero attached hydrogens (tertiary/aromatic N) is 1. The number of hydrogen-bond acceptors (Lipinski definition) is 5. The molecule has 0 saturated heterocycles. The van der Waals surface area contributed by atoms with E-state index < -0.39 is 29.2 Å². The topological polar surface area (TPSA) is 71.1 Å². The Morgan fingerprint density at radius 1 is 1.11 bits per heavy atom. The smallest absolute Gasteiger partial charge is 0.326 e. The number of aromatic nitrogens is 1. The van der Waals surface area contributed by atoms with E-state index in [9.17, 15) is 22.8 Å². The molecule has 2 amide bonds. The SMILES string of the molecule is CC(=O)Nc1ccc(NC(=O)c2csc(-c3cccs3)n2)c(C(F)(F)F)c1. The Labute approximate surface area is 159 Å². The molecule has 140 valence electrons. The summed E-state index contributed by atoms with van der Waals surface area (Å²) in [5.41, 5.74) is -1.45. The maximum Gasteiger partial charge on any atom is 0.418 e. The standard InChI is InChI=1S/C17H12F3N3O2S2/c1-9(24)21-10-4-5-12(11(7-10)17(18,19)20)22-15(25)13-8-27-16(23-13)14-3-2-6-26-14/h2-8H,1H3,(H,21,24)(H,22,25). The molecule has 10 heteroatoms. The van der Waals surface area contributed by atoms with Crippen LogP contribution in [0.1, 0.15) is 23.0 Å². The summed E-state index contributed by atoms with van der Waals surface area (Å²) >= 11 is 2.68. The Morgan fingerprint density at radius 3 is 2.52 bits per heavy atom. The third kappa shape index (κ3) is 4.52. The first-order valence-corrected chi connectivity index (χ1v) is 9.29.